The molecule has 0 radical (unpaired) electrons. The summed E-state index contributed by atoms with van der Waals surface area (Å²) in [4.78, 5) is 19.8. The molecule has 0 bridgehead atoms. The van der Waals surface area contributed by atoms with Gasteiger partial charge < -0.3 is 5.32 Å². The molecule has 0 unspecified atom stereocenters. The lowest BCUT2D eigenvalue weighted by Gasteiger charge is -2.05. The molecule has 0 saturated carbocycles. The van der Waals surface area contributed by atoms with E-state index in [-0.39, 0.29) is 5.91 Å². The number of anilines is 1. The average molecular weight is 241 g/mol. The van der Waals surface area contributed by atoms with Gasteiger partial charge in [0, 0.05) is 36.4 Å². The molecular formula is C14H15N3O. The van der Waals surface area contributed by atoms with Gasteiger partial charge >= 0.3 is 0 Å². The Morgan fingerprint density at radius 2 is 2.00 bits per heavy atom. The molecule has 0 aromatic carbocycles. The summed E-state index contributed by atoms with van der Waals surface area (Å²) in [6, 6.07) is 7.48. The Morgan fingerprint density at radius 1 is 1.22 bits per heavy atom. The first-order valence-corrected chi connectivity index (χ1v) is 5.85. The first kappa shape index (κ1) is 12.2. The van der Waals surface area contributed by atoms with Crippen LogP contribution in [0.25, 0.3) is 0 Å². The summed E-state index contributed by atoms with van der Waals surface area (Å²) >= 11 is 0. The summed E-state index contributed by atoms with van der Waals surface area (Å²) in [7, 11) is 0. The number of aryl methyl sites for hydroxylation is 2. The number of hydrogen-bond donors (Lipinski definition) is 1. The topological polar surface area (TPSA) is 54.9 Å². The second kappa shape index (κ2) is 5.91. The largest absolute Gasteiger partial charge is 0.326 e. The van der Waals surface area contributed by atoms with Gasteiger partial charge in [0.25, 0.3) is 0 Å². The fraction of sp³-hybridized carbons (Fsp3) is 0.214. The minimum atomic E-state index is 0.0115. The number of pyridine rings is 2. The SMILES string of the molecule is Cc1cc(NC(=O)CCc2ccncc2)ccn1. The summed E-state index contributed by atoms with van der Waals surface area (Å²) in [5.74, 6) is 0.0115. The van der Waals surface area contributed by atoms with Crippen molar-refractivity contribution in [1.29, 1.82) is 0 Å². The molecule has 18 heavy (non-hydrogen) atoms. The van der Waals surface area contributed by atoms with E-state index in [1.807, 2.05) is 25.1 Å². The van der Waals surface area contributed by atoms with Gasteiger partial charge in [-0.05, 0) is 43.2 Å². The Kier molecular flexibility index (Phi) is 4.02. The molecule has 1 amide bonds. The highest BCUT2D eigenvalue weighted by molar-refractivity contribution is 5.90. The van der Waals surface area contributed by atoms with Crippen molar-refractivity contribution in [3.63, 3.8) is 0 Å². The van der Waals surface area contributed by atoms with E-state index in [0.29, 0.717) is 6.42 Å². The molecule has 0 aliphatic carbocycles. The maximum Gasteiger partial charge on any atom is 0.224 e. The highest BCUT2D eigenvalue weighted by Crippen LogP contribution is 2.08. The van der Waals surface area contributed by atoms with Gasteiger partial charge in [-0.3, -0.25) is 14.8 Å². The van der Waals surface area contributed by atoms with Crippen LogP contribution in [-0.4, -0.2) is 15.9 Å². The molecular weight excluding hydrogens is 226 g/mol. The zero-order valence-electron chi connectivity index (χ0n) is 10.3. The van der Waals surface area contributed by atoms with Crippen LogP contribution in [0.1, 0.15) is 17.7 Å². The van der Waals surface area contributed by atoms with E-state index in [9.17, 15) is 4.79 Å². The summed E-state index contributed by atoms with van der Waals surface area (Å²) in [6.07, 6.45) is 6.34. The van der Waals surface area contributed by atoms with Crippen LogP contribution < -0.4 is 5.32 Å². The molecule has 4 nitrogen and oxygen atoms in total. The third-order valence-corrected chi connectivity index (χ3v) is 2.57. The smallest absolute Gasteiger partial charge is 0.224 e. The molecule has 1 N–H and O–H groups in total. The molecule has 0 saturated heterocycles. The summed E-state index contributed by atoms with van der Waals surface area (Å²) in [6.45, 7) is 1.90. The van der Waals surface area contributed by atoms with Crippen molar-refractivity contribution in [3.8, 4) is 0 Å². The Labute approximate surface area is 106 Å². The van der Waals surface area contributed by atoms with Crippen LogP contribution in [0, 0.1) is 6.92 Å². The summed E-state index contributed by atoms with van der Waals surface area (Å²) in [5, 5.41) is 2.86. The van der Waals surface area contributed by atoms with Gasteiger partial charge in [-0.25, -0.2) is 0 Å². The second-order valence-electron chi connectivity index (χ2n) is 4.09. The van der Waals surface area contributed by atoms with Gasteiger partial charge in [-0.2, -0.15) is 0 Å². The van der Waals surface area contributed by atoms with Crippen LogP contribution in [0.2, 0.25) is 0 Å². The molecule has 0 atom stereocenters. The van der Waals surface area contributed by atoms with Crippen molar-refractivity contribution >= 4 is 11.6 Å². The predicted molar refractivity (Wildman–Crippen MR) is 70.2 cm³/mol. The molecule has 4 heteroatoms. The van der Waals surface area contributed by atoms with Gasteiger partial charge in [-0.1, -0.05) is 0 Å². The molecule has 0 spiro atoms. The monoisotopic (exact) mass is 241 g/mol. The van der Waals surface area contributed by atoms with Gasteiger partial charge in [0.05, 0.1) is 0 Å². The van der Waals surface area contributed by atoms with Crippen molar-refractivity contribution in [2.24, 2.45) is 0 Å². The number of aromatic nitrogens is 2. The Bertz CT molecular complexity index is 526. The standard InChI is InChI=1S/C14H15N3O/c1-11-10-13(6-9-16-11)17-14(18)3-2-12-4-7-15-8-5-12/h4-10H,2-3H2,1H3,(H,16,17,18). The lowest BCUT2D eigenvalue weighted by Crippen LogP contribution is -2.12. The van der Waals surface area contributed by atoms with Gasteiger partial charge in [0.15, 0.2) is 0 Å². The molecule has 0 aliphatic rings. The van der Waals surface area contributed by atoms with Crippen molar-refractivity contribution < 1.29 is 4.79 Å². The fourth-order valence-electron chi connectivity index (χ4n) is 1.65. The zero-order chi connectivity index (χ0) is 12.8. The van der Waals surface area contributed by atoms with E-state index >= 15 is 0 Å². The molecule has 2 aromatic rings. The zero-order valence-corrected chi connectivity index (χ0v) is 10.3. The van der Waals surface area contributed by atoms with Gasteiger partial charge in [0.1, 0.15) is 0 Å². The van der Waals surface area contributed by atoms with Crippen molar-refractivity contribution in [2.45, 2.75) is 19.8 Å². The fourth-order valence-corrected chi connectivity index (χ4v) is 1.65. The van der Waals surface area contributed by atoms with E-state index < -0.39 is 0 Å². The third-order valence-electron chi connectivity index (χ3n) is 2.57. The van der Waals surface area contributed by atoms with Crippen molar-refractivity contribution in [1.82, 2.24) is 9.97 Å². The first-order chi connectivity index (χ1) is 8.74. The maximum absolute atomic E-state index is 11.7. The van der Waals surface area contributed by atoms with E-state index in [1.54, 1.807) is 24.7 Å². The predicted octanol–water partition coefficient (Wildman–Crippen LogP) is 2.36. The van der Waals surface area contributed by atoms with Crippen LogP contribution in [0.4, 0.5) is 5.69 Å². The third kappa shape index (κ3) is 3.66. The van der Waals surface area contributed by atoms with Crippen LogP contribution in [0.5, 0.6) is 0 Å². The first-order valence-electron chi connectivity index (χ1n) is 5.85. The van der Waals surface area contributed by atoms with Crippen LogP contribution >= 0.6 is 0 Å². The van der Waals surface area contributed by atoms with Crippen molar-refractivity contribution in [3.05, 3.63) is 54.1 Å². The Hall–Kier alpha value is -2.23. The highest BCUT2D eigenvalue weighted by Gasteiger charge is 2.03. The quantitative estimate of drug-likeness (QED) is 0.894. The summed E-state index contributed by atoms with van der Waals surface area (Å²) in [5.41, 5.74) is 2.80. The Balaban J connectivity index is 1.86. The molecule has 2 heterocycles. The lowest BCUT2D eigenvalue weighted by atomic mass is 10.1. The number of nitrogens with one attached hydrogen (secondary N) is 1. The van der Waals surface area contributed by atoms with Crippen LogP contribution in [0.15, 0.2) is 42.9 Å². The van der Waals surface area contributed by atoms with E-state index in [2.05, 4.69) is 15.3 Å². The van der Waals surface area contributed by atoms with E-state index in [0.717, 1.165) is 23.4 Å². The maximum atomic E-state index is 11.7. The number of amides is 1. The average Bonchev–Trinajstić information content (AvgIpc) is 2.38. The number of nitrogens with zero attached hydrogens (tertiary/aromatic N) is 2. The van der Waals surface area contributed by atoms with E-state index in [1.165, 1.54) is 0 Å². The number of carbonyl (C=O) groups excluding carboxylic acids is 1. The number of rotatable bonds is 4. The molecule has 2 aromatic heterocycles. The second-order valence-corrected chi connectivity index (χ2v) is 4.09. The lowest BCUT2D eigenvalue weighted by molar-refractivity contribution is -0.116. The van der Waals surface area contributed by atoms with E-state index in [4.69, 9.17) is 0 Å². The van der Waals surface area contributed by atoms with Crippen LogP contribution in [0.3, 0.4) is 0 Å². The van der Waals surface area contributed by atoms with Crippen LogP contribution in [-0.2, 0) is 11.2 Å². The molecule has 0 fully saturated rings. The minimum Gasteiger partial charge on any atom is -0.326 e. The molecule has 0 aliphatic heterocycles. The summed E-state index contributed by atoms with van der Waals surface area (Å²) < 4.78 is 0. The normalized spacial score (nSPS) is 10.1. The molecule has 92 valence electrons. The molecule has 2 rings (SSSR count). The minimum absolute atomic E-state index is 0.0115. The highest BCUT2D eigenvalue weighted by atomic mass is 16.1. The van der Waals surface area contributed by atoms with Gasteiger partial charge in [-0.15, -0.1) is 0 Å². The Morgan fingerprint density at radius 3 is 2.72 bits per heavy atom. The van der Waals surface area contributed by atoms with Crippen molar-refractivity contribution in [2.75, 3.05) is 5.32 Å². The van der Waals surface area contributed by atoms with Gasteiger partial charge in [0.2, 0.25) is 5.91 Å². The number of carbonyl (C=O) groups is 1. The number of hydrogen-bond acceptors (Lipinski definition) is 3.